The molecular formula is C30H33FN2O4. The molecule has 0 spiro atoms. The molecule has 4 rings (SSSR count). The van der Waals surface area contributed by atoms with Gasteiger partial charge in [0.05, 0.1) is 25.4 Å². The Kier molecular flexibility index (Phi) is 8.36. The molecule has 1 N–H and O–H groups in total. The van der Waals surface area contributed by atoms with Gasteiger partial charge in [-0.25, -0.2) is 4.39 Å². The maximum Gasteiger partial charge on any atom is 0.254 e. The third-order valence-corrected chi connectivity index (χ3v) is 6.99. The van der Waals surface area contributed by atoms with Crippen molar-refractivity contribution in [1.82, 2.24) is 9.80 Å². The lowest BCUT2D eigenvalue weighted by molar-refractivity contribution is -0.0209. The number of benzene rings is 3. The number of fused-ring (bicyclic) bond motifs is 3. The van der Waals surface area contributed by atoms with Gasteiger partial charge in [0.1, 0.15) is 5.82 Å². The number of aliphatic hydroxyl groups excluding tert-OH is 1. The Bertz CT molecular complexity index is 1250. The number of hydrogen-bond donors (Lipinski definition) is 1. The van der Waals surface area contributed by atoms with Gasteiger partial charge in [0, 0.05) is 37.2 Å². The molecule has 3 atom stereocenters. The molecule has 0 unspecified atom stereocenters. The Labute approximate surface area is 217 Å². The van der Waals surface area contributed by atoms with Crippen LogP contribution in [-0.4, -0.2) is 65.6 Å². The molecule has 2 amide bonds. The van der Waals surface area contributed by atoms with Gasteiger partial charge in [-0.05, 0) is 53.9 Å². The number of rotatable bonds is 5. The number of aliphatic hydroxyl groups is 1. The van der Waals surface area contributed by atoms with E-state index >= 15 is 0 Å². The number of ether oxygens (including phenoxy) is 1. The number of nitrogens with zero attached hydrogens (tertiary/aromatic N) is 2. The minimum absolute atomic E-state index is 0.154. The molecule has 194 valence electrons. The van der Waals surface area contributed by atoms with Crippen LogP contribution in [0.2, 0.25) is 0 Å². The average molecular weight is 505 g/mol. The lowest BCUT2D eigenvalue weighted by Crippen LogP contribution is -2.47. The fraction of sp³-hybridized carbons (Fsp3) is 0.333. The number of halogens is 1. The summed E-state index contributed by atoms with van der Waals surface area (Å²) < 4.78 is 19.8. The fourth-order valence-corrected chi connectivity index (χ4v) is 4.72. The predicted molar refractivity (Wildman–Crippen MR) is 141 cm³/mol. The molecule has 0 bridgehead atoms. The molecule has 0 aliphatic carbocycles. The zero-order chi connectivity index (χ0) is 26.5. The summed E-state index contributed by atoms with van der Waals surface area (Å²) >= 11 is 0. The minimum Gasteiger partial charge on any atom is -0.394 e. The van der Waals surface area contributed by atoms with E-state index in [1.165, 1.54) is 24.3 Å². The van der Waals surface area contributed by atoms with E-state index < -0.39 is 18.0 Å². The summed E-state index contributed by atoms with van der Waals surface area (Å²) in [5.74, 6) is -0.953. The van der Waals surface area contributed by atoms with E-state index in [2.05, 4.69) is 0 Å². The maximum absolute atomic E-state index is 13.9. The largest absolute Gasteiger partial charge is 0.394 e. The van der Waals surface area contributed by atoms with Gasteiger partial charge in [-0.1, -0.05) is 49.4 Å². The smallest absolute Gasteiger partial charge is 0.254 e. The number of carbonyl (C=O) groups is 2. The van der Waals surface area contributed by atoms with Crippen molar-refractivity contribution >= 4 is 11.8 Å². The van der Waals surface area contributed by atoms with Crippen LogP contribution in [0.1, 0.15) is 40.1 Å². The van der Waals surface area contributed by atoms with Crippen molar-refractivity contribution in [2.75, 3.05) is 26.7 Å². The highest BCUT2D eigenvalue weighted by molar-refractivity contribution is 6.01. The second-order valence-corrected chi connectivity index (χ2v) is 9.71. The van der Waals surface area contributed by atoms with Gasteiger partial charge >= 0.3 is 0 Å². The molecule has 37 heavy (non-hydrogen) atoms. The van der Waals surface area contributed by atoms with Gasteiger partial charge in [-0.3, -0.25) is 9.59 Å². The van der Waals surface area contributed by atoms with Crippen LogP contribution in [0.15, 0.2) is 72.8 Å². The topological polar surface area (TPSA) is 70.1 Å². The molecule has 0 fully saturated rings. The van der Waals surface area contributed by atoms with E-state index in [1.807, 2.05) is 62.4 Å². The highest BCUT2D eigenvalue weighted by Crippen LogP contribution is 2.31. The van der Waals surface area contributed by atoms with E-state index in [0.29, 0.717) is 24.3 Å². The van der Waals surface area contributed by atoms with Gasteiger partial charge in [0.2, 0.25) is 0 Å². The first-order chi connectivity index (χ1) is 17.8. The summed E-state index contributed by atoms with van der Waals surface area (Å²) in [6.45, 7) is 4.56. The first-order valence-corrected chi connectivity index (χ1v) is 12.5. The van der Waals surface area contributed by atoms with Crippen molar-refractivity contribution < 1.29 is 23.8 Å². The lowest BCUT2D eigenvalue weighted by atomic mass is 9.94. The summed E-state index contributed by atoms with van der Waals surface area (Å²) in [4.78, 5) is 30.1. The molecule has 3 aromatic carbocycles. The Balaban J connectivity index is 1.69. The number of hydrogen-bond acceptors (Lipinski definition) is 4. The molecule has 0 saturated heterocycles. The lowest BCUT2D eigenvalue weighted by Gasteiger charge is -2.35. The molecule has 0 radical (unpaired) electrons. The SMILES string of the molecule is C[C@H](CO)N1C[C@H](C)[C@@H](CN(C)C(=O)c2ccc(F)cc2)OCc2ccccc2-c2ccccc2C1=O. The molecule has 0 saturated carbocycles. The van der Waals surface area contributed by atoms with Gasteiger partial charge < -0.3 is 19.6 Å². The fourth-order valence-electron chi connectivity index (χ4n) is 4.72. The molecule has 6 nitrogen and oxygen atoms in total. The first-order valence-electron chi connectivity index (χ1n) is 12.5. The summed E-state index contributed by atoms with van der Waals surface area (Å²) in [6.07, 6.45) is -0.398. The van der Waals surface area contributed by atoms with Crippen LogP contribution in [0, 0.1) is 11.7 Å². The van der Waals surface area contributed by atoms with Crippen molar-refractivity contribution in [2.45, 2.75) is 32.6 Å². The average Bonchev–Trinajstić information content (AvgIpc) is 2.94. The van der Waals surface area contributed by atoms with E-state index in [4.69, 9.17) is 4.74 Å². The second kappa shape index (κ2) is 11.7. The van der Waals surface area contributed by atoms with Gasteiger partial charge in [0.25, 0.3) is 11.8 Å². The highest BCUT2D eigenvalue weighted by Gasteiger charge is 2.31. The van der Waals surface area contributed by atoms with Gasteiger partial charge in [-0.2, -0.15) is 0 Å². The van der Waals surface area contributed by atoms with Crippen molar-refractivity contribution in [3.63, 3.8) is 0 Å². The quantitative estimate of drug-likeness (QED) is 0.551. The number of carbonyl (C=O) groups excluding carboxylic acids is 2. The summed E-state index contributed by atoms with van der Waals surface area (Å²) in [5, 5.41) is 9.97. The zero-order valence-electron chi connectivity index (χ0n) is 21.4. The van der Waals surface area contributed by atoms with Crippen molar-refractivity contribution in [3.05, 3.63) is 95.3 Å². The molecule has 0 aromatic heterocycles. The maximum atomic E-state index is 13.9. The summed E-state index contributed by atoms with van der Waals surface area (Å²) in [5.41, 5.74) is 3.63. The molecule has 3 aromatic rings. The molecule has 7 heteroatoms. The monoisotopic (exact) mass is 504 g/mol. The van der Waals surface area contributed by atoms with E-state index in [-0.39, 0.29) is 30.9 Å². The van der Waals surface area contributed by atoms with Crippen LogP contribution >= 0.6 is 0 Å². The van der Waals surface area contributed by atoms with Gasteiger partial charge in [0.15, 0.2) is 0 Å². The van der Waals surface area contributed by atoms with Gasteiger partial charge in [-0.15, -0.1) is 0 Å². The Morgan fingerprint density at radius 1 is 1.05 bits per heavy atom. The molecular weight excluding hydrogens is 471 g/mol. The van der Waals surface area contributed by atoms with Crippen LogP contribution in [0.25, 0.3) is 11.1 Å². The van der Waals surface area contributed by atoms with Crippen molar-refractivity contribution in [2.24, 2.45) is 5.92 Å². The van der Waals surface area contributed by atoms with Crippen LogP contribution < -0.4 is 0 Å². The predicted octanol–water partition coefficient (Wildman–Crippen LogP) is 4.62. The van der Waals surface area contributed by atoms with Crippen LogP contribution in [0.5, 0.6) is 0 Å². The zero-order valence-corrected chi connectivity index (χ0v) is 21.4. The van der Waals surface area contributed by atoms with Crippen LogP contribution in [0.3, 0.4) is 0 Å². The van der Waals surface area contributed by atoms with E-state index in [1.54, 1.807) is 16.8 Å². The number of likely N-dealkylation sites (N-methyl/N-ethyl adjacent to an activating group) is 1. The first kappa shape index (κ1) is 26.5. The normalized spacial score (nSPS) is 18.8. The van der Waals surface area contributed by atoms with E-state index in [0.717, 1.165) is 16.7 Å². The molecule has 1 heterocycles. The third kappa shape index (κ3) is 5.89. The second-order valence-electron chi connectivity index (χ2n) is 9.71. The van der Waals surface area contributed by atoms with Crippen molar-refractivity contribution in [3.8, 4) is 11.1 Å². The summed E-state index contributed by atoms with van der Waals surface area (Å²) in [7, 11) is 1.69. The summed E-state index contributed by atoms with van der Waals surface area (Å²) in [6, 6.07) is 20.4. The van der Waals surface area contributed by atoms with Crippen LogP contribution in [-0.2, 0) is 11.3 Å². The Morgan fingerprint density at radius 3 is 2.35 bits per heavy atom. The standard InChI is InChI=1S/C30H33FN2O4/c1-20-16-33(21(2)18-34)30(36)27-11-7-6-10-26(27)25-9-5-4-8-23(25)19-37-28(20)17-32(3)29(35)22-12-14-24(31)15-13-22/h4-15,20-21,28,34H,16-19H2,1-3H3/t20-,21+,28+/m0/s1. The van der Waals surface area contributed by atoms with Crippen molar-refractivity contribution in [1.29, 1.82) is 0 Å². The Morgan fingerprint density at radius 2 is 1.68 bits per heavy atom. The Hall–Kier alpha value is -3.55. The molecule has 1 aliphatic heterocycles. The van der Waals surface area contributed by atoms with Crippen LogP contribution in [0.4, 0.5) is 4.39 Å². The third-order valence-electron chi connectivity index (χ3n) is 6.99. The van der Waals surface area contributed by atoms with E-state index in [9.17, 15) is 19.1 Å². The molecule has 1 aliphatic rings. The minimum atomic E-state index is -0.404. The highest BCUT2D eigenvalue weighted by atomic mass is 19.1. The number of amides is 2.